The highest BCUT2D eigenvalue weighted by Crippen LogP contribution is 2.16. The van der Waals surface area contributed by atoms with Gasteiger partial charge in [-0.1, -0.05) is 6.07 Å². The van der Waals surface area contributed by atoms with E-state index in [-0.39, 0.29) is 17.9 Å². The quantitative estimate of drug-likeness (QED) is 0.873. The molecule has 0 atom stereocenters. The predicted octanol–water partition coefficient (Wildman–Crippen LogP) is 1.97. The molecule has 0 aliphatic heterocycles. The number of carbonyl (C=O) groups excluding carboxylic acids is 1. The highest BCUT2D eigenvalue weighted by atomic mass is 32.2. The Morgan fingerprint density at radius 3 is 2.52 bits per heavy atom. The molecule has 0 spiro atoms. The zero-order valence-corrected chi connectivity index (χ0v) is 13.8. The van der Waals surface area contributed by atoms with Gasteiger partial charge in [0.1, 0.15) is 10.6 Å². The Morgan fingerprint density at radius 1 is 1.22 bits per heavy atom. The van der Waals surface area contributed by atoms with E-state index in [0.717, 1.165) is 11.1 Å². The van der Waals surface area contributed by atoms with Gasteiger partial charge in [0, 0.05) is 12.4 Å². The van der Waals surface area contributed by atoms with Gasteiger partial charge in [-0.2, -0.15) is 0 Å². The Kier molecular flexibility index (Phi) is 5.33. The third kappa shape index (κ3) is 5.07. The van der Waals surface area contributed by atoms with Crippen LogP contribution in [-0.4, -0.2) is 25.9 Å². The van der Waals surface area contributed by atoms with Crippen molar-refractivity contribution >= 4 is 15.9 Å². The molecule has 1 aromatic heterocycles. The van der Waals surface area contributed by atoms with Gasteiger partial charge in [0.05, 0.1) is 13.0 Å². The first-order chi connectivity index (χ1) is 10.9. The van der Waals surface area contributed by atoms with Gasteiger partial charge in [0.25, 0.3) is 10.0 Å². The second-order valence-corrected chi connectivity index (χ2v) is 6.82. The van der Waals surface area contributed by atoms with E-state index in [9.17, 15) is 13.2 Å². The van der Waals surface area contributed by atoms with Gasteiger partial charge in [0.2, 0.25) is 5.91 Å². The highest BCUT2D eigenvalue weighted by molar-refractivity contribution is 7.90. The van der Waals surface area contributed by atoms with Crippen molar-refractivity contribution in [3.8, 4) is 5.75 Å². The molecular weight excluding hydrogens is 316 g/mol. The first-order valence-corrected chi connectivity index (χ1v) is 8.52. The standard InChI is InChI=1S/C16H18N2O4S/c1-12-8-13(2)10-14(9-12)22-7-5-16(19)18-23(20,21)15-4-3-6-17-11-15/h3-4,6,8-11H,5,7H2,1-2H3,(H,18,19). The van der Waals surface area contributed by atoms with Gasteiger partial charge >= 0.3 is 0 Å². The van der Waals surface area contributed by atoms with Gasteiger partial charge in [-0.05, 0) is 49.2 Å². The summed E-state index contributed by atoms with van der Waals surface area (Å²) in [5, 5.41) is 0. The smallest absolute Gasteiger partial charge is 0.265 e. The normalized spacial score (nSPS) is 11.0. The van der Waals surface area contributed by atoms with Crippen LogP contribution < -0.4 is 9.46 Å². The molecule has 0 saturated carbocycles. The third-order valence-electron chi connectivity index (χ3n) is 2.99. The number of sulfonamides is 1. The monoisotopic (exact) mass is 334 g/mol. The SMILES string of the molecule is Cc1cc(C)cc(OCCC(=O)NS(=O)(=O)c2cccnc2)c1. The maximum atomic E-state index is 12.0. The molecule has 122 valence electrons. The average molecular weight is 334 g/mol. The number of amides is 1. The van der Waals surface area contributed by atoms with E-state index in [4.69, 9.17) is 4.74 Å². The lowest BCUT2D eigenvalue weighted by Crippen LogP contribution is -2.31. The fourth-order valence-corrected chi connectivity index (χ4v) is 3.02. The summed E-state index contributed by atoms with van der Waals surface area (Å²) in [5.41, 5.74) is 2.12. The average Bonchev–Trinajstić information content (AvgIpc) is 2.46. The first kappa shape index (κ1) is 17.0. The molecule has 0 fully saturated rings. The van der Waals surface area contributed by atoms with Gasteiger partial charge in [-0.3, -0.25) is 9.78 Å². The van der Waals surface area contributed by atoms with Crippen molar-refractivity contribution in [3.63, 3.8) is 0 Å². The van der Waals surface area contributed by atoms with Crippen LogP contribution in [0.1, 0.15) is 17.5 Å². The van der Waals surface area contributed by atoms with E-state index in [1.807, 2.05) is 36.8 Å². The van der Waals surface area contributed by atoms with E-state index in [0.29, 0.717) is 5.75 Å². The molecule has 2 aromatic rings. The fourth-order valence-electron chi connectivity index (χ4n) is 2.04. The van der Waals surface area contributed by atoms with Crippen LogP contribution in [0.4, 0.5) is 0 Å². The van der Waals surface area contributed by atoms with Crippen LogP contribution in [0.2, 0.25) is 0 Å². The molecule has 23 heavy (non-hydrogen) atoms. The number of aromatic nitrogens is 1. The lowest BCUT2D eigenvalue weighted by Gasteiger charge is -2.09. The van der Waals surface area contributed by atoms with Gasteiger partial charge < -0.3 is 4.74 Å². The Bertz CT molecular complexity index is 769. The second-order valence-electron chi connectivity index (χ2n) is 5.14. The number of nitrogens with one attached hydrogen (secondary N) is 1. The molecule has 0 saturated heterocycles. The van der Waals surface area contributed by atoms with Crippen LogP contribution in [0.15, 0.2) is 47.6 Å². The minimum absolute atomic E-state index is 0.0522. The number of carbonyl (C=O) groups is 1. The number of pyridine rings is 1. The lowest BCUT2D eigenvalue weighted by atomic mass is 10.1. The van der Waals surface area contributed by atoms with Crippen molar-refractivity contribution in [3.05, 3.63) is 53.9 Å². The molecular formula is C16H18N2O4S. The summed E-state index contributed by atoms with van der Waals surface area (Å²) in [6.07, 6.45) is 2.58. The van der Waals surface area contributed by atoms with Crippen LogP contribution in [0.3, 0.4) is 0 Å². The fraction of sp³-hybridized carbons (Fsp3) is 0.250. The second kappa shape index (κ2) is 7.23. The zero-order valence-electron chi connectivity index (χ0n) is 12.9. The van der Waals surface area contributed by atoms with Gasteiger partial charge in [-0.15, -0.1) is 0 Å². The maximum absolute atomic E-state index is 12.0. The van der Waals surface area contributed by atoms with Crippen molar-refractivity contribution < 1.29 is 17.9 Å². The number of ether oxygens (including phenoxy) is 1. The summed E-state index contributed by atoms with van der Waals surface area (Å²) in [7, 11) is -3.89. The van der Waals surface area contributed by atoms with Crippen LogP contribution in [0, 0.1) is 13.8 Å². The van der Waals surface area contributed by atoms with Crippen molar-refractivity contribution in [2.75, 3.05) is 6.61 Å². The first-order valence-electron chi connectivity index (χ1n) is 7.03. The highest BCUT2D eigenvalue weighted by Gasteiger charge is 2.17. The van der Waals surface area contributed by atoms with Crippen LogP contribution >= 0.6 is 0 Å². The molecule has 1 heterocycles. The number of hydrogen-bond donors (Lipinski definition) is 1. The van der Waals surface area contributed by atoms with E-state index >= 15 is 0 Å². The lowest BCUT2D eigenvalue weighted by molar-refractivity contribution is -0.119. The third-order valence-corrected chi connectivity index (χ3v) is 4.34. The summed E-state index contributed by atoms with van der Waals surface area (Å²) in [5.74, 6) is 0.0312. The van der Waals surface area contributed by atoms with Gasteiger partial charge in [0.15, 0.2) is 0 Å². The van der Waals surface area contributed by atoms with Crippen molar-refractivity contribution in [1.82, 2.24) is 9.71 Å². The summed E-state index contributed by atoms with van der Waals surface area (Å²) in [4.78, 5) is 15.4. The minimum Gasteiger partial charge on any atom is -0.493 e. The van der Waals surface area contributed by atoms with E-state index in [1.54, 1.807) is 0 Å². The Labute approximate surface area is 135 Å². The predicted molar refractivity (Wildman–Crippen MR) is 85.6 cm³/mol. The topological polar surface area (TPSA) is 85.4 Å². The van der Waals surface area contributed by atoms with Gasteiger partial charge in [-0.25, -0.2) is 13.1 Å². The molecule has 0 aliphatic carbocycles. The van der Waals surface area contributed by atoms with Crippen LogP contribution in [-0.2, 0) is 14.8 Å². The number of aryl methyl sites for hydroxylation is 2. The summed E-state index contributed by atoms with van der Waals surface area (Å²) in [6, 6.07) is 8.59. The Morgan fingerprint density at radius 2 is 1.91 bits per heavy atom. The Hall–Kier alpha value is -2.41. The summed E-state index contributed by atoms with van der Waals surface area (Å²) in [6.45, 7) is 4.00. The largest absolute Gasteiger partial charge is 0.493 e. The van der Waals surface area contributed by atoms with Crippen LogP contribution in [0.5, 0.6) is 5.75 Å². The Balaban J connectivity index is 1.88. The molecule has 6 nitrogen and oxygen atoms in total. The number of nitrogens with zero attached hydrogens (tertiary/aromatic N) is 1. The molecule has 0 unspecified atom stereocenters. The molecule has 1 aromatic carbocycles. The minimum atomic E-state index is -3.89. The maximum Gasteiger partial charge on any atom is 0.265 e. The summed E-state index contributed by atoms with van der Waals surface area (Å²) >= 11 is 0. The van der Waals surface area contributed by atoms with Crippen molar-refractivity contribution in [2.45, 2.75) is 25.2 Å². The zero-order chi connectivity index (χ0) is 16.9. The van der Waals surface area contributed by atoms with Crippen molar-refractivity contribution in [2.24, 2.45) is 0 Å². The molecule has 7 heteroatoms. The van der Waals surface area contributed by atoms with E-state index < -0.39 is 15.9 Å². The summed E-state index contributed by atoms with van der Waals surface area (Å²) < 4.78 is 31.4. The number of benzene rings is 1. The van der Waals surface area contributed by atoms with Crippen LogP contribution in [0.25, 0.3) is 0 Å². The number of hydrogen-bond acceptors (Lipinski definition) is 5. The van der Waals surface area contributed by atoms with Crippen molar-refractivity contribution in [1.29, 1.82) is 0 Å². The molecule has 2 rings (SSSR count). The van der Waals surface area contributed by atoms with E-state index in [2.05, 4.69) is 4.98 Å². The number of rotatable bonds is 6. The molecule has 0 radical (unpaired) electrons. The molecule has 0 aliphatic rings. The molecule has 1 N–H and O–H groups in total. The molecule has 1 amide bonds. The van der Waals surface area contributed by atoms with E-state index in [1.165, 1.54) is 24.5 Å². The molecule has 0 bridgehead atoms.